The van der Waals surface area contributed by atoms with Crippen LogP contribution >= 0.6 is 0 Å². The number of nitrogens with zero attached hydrogens (tertiary/aromatic N) is 1. The lowest BCUT2D eigenvalue weighted by atomic mass is 10.1. The molecule has 13 nitrogen and oxygen atoms in total. The van der Waals surface area contributed by atoms with E-state index in [1.807, 2.05) is 0 Å². The molecule has 0 spiro atoms. The predicted molar refractivity (Wildman–Crippen MR) is 111 cm³/mol. The number of carbonyl (C=O) groups is 5. The van der Waals surface area contributed by atoms with Crippen LogP contribution in [0.3, 0.4) is 0 Å². The molecule has 13 heteroatoms. The fraction of sp³-hybridized carbons (Fsp3) is 0.737. The minimum Gasteiger partial charge on any atom is -0.481 e. The molecule has 0 radical (unpaired) electrons. The first-order valence-electron chi connectivity index (χ1n) is 10.5. The highest BCUT2D eigenvalue weighted by atomic mass is 16.4. The van der Waals surface area contributed by atoms with Crippen molar-refractivity contribution < 1.29 is 39.3 Å². The van der Waals surface area contributed by atoms with Crippen molar-refractivity contribution in [3.63, 3.8) is 0 Å². The molecule has 1 rings (SSSR count). The highest BCUT2D eigenvalue weighted by molar-refractivity contribution is 5.94. The van der Waals surface area contributed by atoms with Crippen LogP contribution in [0.5, 0.6) is 0 Å². The van der Waals surface area contributed by atoms with Gasteiger partial charge >= 0.3 is 11.9 Å². The van der Waals surface area contributed by atoms with E-state index in [4.69, 9.17) is 16.6 Å². The van der Waals surface area contributed by atoms with Crippen LogP contribution in [-0.4, -0.2) is 93.7 Å². The van der Waals surface area contributed by atoms with E-state index < -0.39 is 60.4 Å². The Morgan fingerprint density at radius 3 is 2.28 bits per heavy atom. The molecule has 0 aromatic carbocycles. The third kappa shape index (κ3) is 8.40. The maximum atomic E-state index is 12.7. The maximum Gasteiger partial charge on any atom is 0.326 e. The average molecular weight is 460 g/mol. The summed E-state index contributed by atoms with van der Waals surface area (Å²) in [5.41, 5.74) is 11.1. The van der Waals surface area contributed by atoms with Crippen LogP contribution in [0.15, 0.2) is 0 Å². The van der Waals surface area contributed by atoms with Gasteiger partial charge in [0.1, 0.15) is 18.1 Å². The average Bonchev–Trinajstić information content (AvgIpc) is 3.24. The molecule has 182 valence electrons. The molecule has 0 bridgehead atoms. The SMILES string of the molecule is NCCCCC(NC(=O)C(CO)NC(=O)C1CCCN1C(=O)C(N)CCC(=O)O)C(=O)O. The molecule has 0 aromatic rings. The van der Waals surface area contributed by atoms with Gasteiger partial charge in [0.15, 0.2) is 0 Å². The first-order chi connectivity index (χ1) is 15.1. The Morgan fingerprint density at radius 2 is 1.72 bits per heavy atom. The van der Waals surface area contributed by atoms with E-state index >= 15 is 0 Å². The van der Waals surface area contributed by atoms with Gasteiger partial charge in [0.05, 0.1) is 12.6 Å². The van der Waals surface area contributed by atoms with Crippen molar-refractivity contribution in [2.24, 2.45) is 11.5 Å². The molecule has 1 aliphatic rings. The summed E-state index contributed by atoms with van der Waals surface area (Å²) in [4.78, 5) is 60.9. The Balaban J connectivity index is 2.73. The van der Waals surface area contributed by atoms with Gasteiger partial charge in [0.2, 0.25) is 17.7 Å². The van der Waals surface area contributed by atoms with Crippen LogP contribution in [0.25, 0.3) is 0 Å². The number of nitrogens with two attached hydrogens (primary N) is 2. The molecular formula is C19H33N5O8. The van der Waals surface area contributed by atoms with Crippen molar-refractivity contribution in [2.75, 3.05) is 19.7 Å². The number of carboxylic acids is 2. The summed E-state index contributed by atoms with van der Waals surface area (Å²) in [5, 5.41) is 32.2. The number of carboxylic acid groups (broad SMARTS) is 2. The normalized spacial score (nSPS) is 18.5. The van der Waals surface area contributed by atoms with E-state index in [9.17, 15) is 34.2 Å². The minimum atomic E-state index is -1.41. The molecule has 1 saturated heterocycles. The van der Waals surface area contributed by atoms with E-state index in [2.05, 4.69) is 10.6 Å². The zero-order valence-corrected chi connectivity index (χ0v) is 17.9. The predicted octanol–water partition coefficient (Wildman–Crippen LogP) is -2.65. The van der Waals surface area contributed by atoms with Gasteiger partial charge in [0, 0.05) is 13.0 Å². The largest absolute Gasteiger partial charge is 0.481 e. The smallest absolute Gasteiger partial charge is 0.326 e. The maximum absolute atomic E-state index is 12.7. The lowest BCUT2D eigenvalue weighted by Crippen LogP contribution is -2.57. The van der Waals surface area contributed by atoms with E-state index in [0.717, 1.165) is 0 Å². The fourth-order valence-electron chi connectivity index (χ4n) is 3.40. The third-order valence-electron chi connectivity index (χ3n) is 5.20. The van der Waals surface area contributed by atoms with Gasteiger partial charge in [-0.2, -0.15) is 0 Å². The Morgan fingerprint density at radius 1 is 1.03 bits per heavy atom. The summed E-state index contributed by atoms with van der Waals surface area (Å²) < 4.78 is 0. The van der Waals surface area contributed by atoms with Crippen molar-refractivity contribution in [1.82, 2.24) is 15.5 Å². The Kier molecular flexibility index (Phi) is 11.6. The molecule has 32 heavy (non-hydrogen) atoms. The fourth-order valence-corrected chi connectivity index (χ4v) is 3.40. The molecule has 1 fully saturated rings. The van der Waals surface area contributed by atoms with Crippen molar-refractivity contribution in [1.29, 1.82) is 0 Å². The monoisotopic (exact) mass is 459 g/mol. The highest BCUT2D eigenvalue weighted by Gasteiger charge is 2.37. The Hall–Kier alpha value is -2.77. The summed E-state index contributed by atoms with van der Waals surface area (Å²) in [6.45, 7) is -0.145. The van der Waals surface area contributed by atoms with Crippen molar-refractivity contribution in [3.8, 4) is 0 Å². The first kappa shape index (κ1) is 27.3. The Labute approximate surface area is 185 Å². The standard InChI is InChI=1S/C19H33N5O8/c20-8-2-1-4-12(19(31)32)22-16(28)13(10-25)23-17(29)14-5-3-9-24(14)18(30)11(21)6-7-15(26)27/h11-14,25H,1-10,20-21H2,(H,22,28)(H,23,29)(H,26,27)(H,31,32). The van der Waals surface area contributed by atoms with Crippen LogP contribution in [-0.2, 0) is 24.0 Å². The van der Waals surface area contributed by atoms with Crippen LogP contribution in [0.4, 0.5) is 0 Å². The van der Waals surface area contributed by atoms with Gasteiger partial charge in [-0.05, 0) is 45.1 Å². The number of carbonyl (C=O) groups excluding carboxylic acids is 3. The first-order valence-corrected chi connectivity index (χ1v) is 10.5. The van der Waals surface area contributed by atoms with Crippen LogP contribution in [0.2, 0.25) is 0 Å². The molecule has 4 unspecified atom stereocenters. The summed E-state index contributed by atoms with van der Waals surface area (Å²) in [6.07, 6.45) is 1.64. The van der Waals surface area contributed by atoms with Gasteiger partial charge < -0.3 is 42.3 Å². The summed E-state index contributed by atoms with van der Waals surface area (Å²) in [6, 6.07) is -4.62. The number of rotatable bonds is 14. The molecule has 0 aliphatic carbocycles. The van der Waals surface area contributed by atoms with Gasteiger partial charge in [-0.15, -0.1) is 0 Å². The van der Waals surface area contributed by atoms with Gasteiger partial charge in [-0.3, -0.25) is 19.2 Å². The van der Waals surface area contributed by atoms with E-state index in [-0.39, 0.29) is 25.8 Å². The number of aliphatic hydroxyl groups excluding tert-OH is 1. The van der Waals surface area contributed by atoms with Crippen LogP contribution in [0.1, 0.15) is 44.9 Å². The van der Waals surface area contributed by atoms with Gasteiger partial charge in [-0.1, -0.05) is 0 Å². The molecule has 0 saturated carbocycles. The quantitative estimate of drug-likeness (QED) is 0.133. The number of likely N-dealkylation sites (tertiary alicyclic amines) is 1. The van der Waals surface area contributed by atoms with Gasteiger partial charge in [0.25, 0.3) is 0 Å². The molecule has 9 N–H and O–H groups in total. The number of aliphatic carboxylic acids is 2. The van der Waals surface area contributed by atoms with E-state index in [1.165, 1.54) is 4.90 Å². The molecule has 4 atom stereocenters. The number of hydrogen-bond donors (Lipinski definition) is 7. The van der Waals surface area contributed by atoms with Gasteiger partial charge in [-0.25, -0.2) is 4.79 Å². The zero-order chi connectivity index (χ0) is 24.3. The molecule has 1 heterocycles. The van der Waals surface area contributed by atoms with E-state index in [0.29, 0.717) is 32.2 Å². The number of aliphatic hydroxyl groups is 1. The van der Waals surface area contributed by atoms with E-state index in [1.54, 1.807) is 0 Å². The second kappa shape index (κ2) is 13.6. The summed E-state index contributed by atoms with van der Waals surface area (Å²) >= 11 is 0. The number of amides is 3. The minimum absolute atomic E-state index is 0.0819. The van der Waals surface area contributed by atoms with Crippen molar-refractivity contribution >= 4 is 29.7 Å². The molecule has 0 aromatic heterocycles. The molecular weight excluding hydrogens is 426 g/mol. The number of nitrogens with one attached hydrogen (secondary N) is 2. The Bertz CT molecular complexity index is 689. The summed E-state index contributed by atoms with van der Waals surface area (Å²) in [7, 11) is 0. The lowest BCUT2D eigenvalue weighted by Gasteiger charge is -2.28. The second-order valence-electron chi connectivity index (χ2n) is 7.66. The van der Waals surface area contributed by atoms with Crippen LogP contribution < -0.4 is 22.1 Å². The molecule has 1 aliphatic heterocycles. The van der Waals surface area contributed by atoms with Crippen LogP contribution in [0, 0.1) is 0 Å². The number of unbranched alkanes of at least 4 members (excludes halogenated alkanes) is 1. The van der Waals surface area contributed by atoms with Crippen molar-refractivity contribution in [3.05, 3.63) is 0 Å². The number of hydrogen-bond acceptors (Lipinski definition) is 8. The second-order valence-corrected chi connectivity index (χ2v) is 7.66. The van der Waals surface area contributed by atoms with Crippen molar-refractivity contribution in [2.45, 2.75) is 69.1 Å². The summed E-state index contributed by atoms with van der Waals surface area (Å²) in [5.74, 6) is -4.47. The third-order valence-corrected chi connectivity index (χ3v) is 5.20. The highest BCUT2D eigenvalue weighted by Crippen LogP contribution is 2.19. The zero-order valence-electron chi connectivity index (χ0n) is 17.9. The molecule has 3 amide bonds. The topological polar surface area (TPSA) is 225 Å². The lowest BCUT2D eigenvalue weighted by molar-refractivity contribution is -0.144.